The van der Waals surface area contributed by atoms with Crippen molar-refractivity contribution in [2.45, 2.75) is 63.7 Å². The molecule has 5 rings (SSSR count). The van der Waals surface area contributed by atoms with Crippen LogP contribution in [-0.4, -0.2) is 52.6 Å². The summed E-state index contributed by atoms with van der Waals surface area (Å²) in [5.41, 5.74) is 2.51. The van der Waals surface area contributed by atoms with Crippen molar-refractivity contribution >= 4 is 33.3 Å². The first-order valence-electron chi connectivity index (χ1n) is 13.0. The average Bonchev–Trinajstić information content (AvgIpc) is 3.29. The summed E-state index contributed by atoms with van der Waals surface area (Å²) >= 11 is 1.48. The highest BCUT2D eigenvalue weighted by molar-refractivity contribution is 7.15. The van der Waals surface area contributed by atoms with Crippen LogP contribution in [0.1, 0.15) is 59.5 Å². The SMILES string of the molecule is O=C(NC1CCC(CCN2CCc3sc(NCCC(F)(F)F)nc3C2)CC1)c1cccc2ncccc12. The number of nitrogens with zero attached hydrogens (tertiary/aromatic N) is 3. The molecular weight excluding hydrogens is 499 g/mol. The van der Waals surface area contributed by atoms with Gasteiger partial charge in [-0.25, -0.2) is 4.98 Å². The Morgan fingerprint density at radius 2 is 1.97 bits per heavy atom. The van der Waals surface area contributed by atoms with Crippen LogP contribution in [0.4, 0.5) is 18.3 Å². The van der Waals surface area contributed by atoms with Crippen molar-refractivity contribution in [2.24, 2.45) is 5.92 Å². The Morgan fingerprint density at radius 3 is 2.78 bits per heavy atom. The second-order valence-electron chi connectivity index (χ2n) is 10.1. The van der Waals surface area contributed by atoms with Crippen molar-refractivity contribution < 1.29 is 18.0 Å². The number of fused-ring (bicyclic) bond motifs is 2. The van der Waals surface area contributed by atoms with Crippen molar-refractivity contribution in [3.05, 3.63) is 52.7 Å². The fourth-order valence-electron chi connectivity index (χ4n) is 5.36. The third-order valence-corrected chi connectivity index (χ3v) is 8.53. The predicted octanol–water partition coefficient (Wildman–Crippen LogP) is 5.79. The first kappa shape index (κ1) is 25.9. The van der Waals surface area contributed by atoms with Gasteiger partial charge in [-0.3, -0.25) is 14.7 Å². The van der Waals surface area contributed by atoms with Crippen molar-refractivity contribution in [1.82, 2.24) is 20.2 Å². The van der Waals surface area contributed by atoms with Crippen LogP contribution in [-0.2, 0) is 13.0 Å². The van der Waals surface area contributed by atoms with E-state index in [9.17, 15) is 18.0 Å². The number of thiazole rings is 1. The lowest BCUT2D eigenvalue weighted by molar-refractivity contribution is -0.131. The van der Waals surface area contributed by atoms with Crippen molar-refractivity contribution in [1.29, 1.82) is 0 Å². The van der Waals surface area contributed by atoms with Gasteiger partial charge in [0.2, 0.25) is 0 Å². The molecule has 0 radical (unpaired) electrons. The van der Waals surface area contributed by atoms with Gasteiger partial charge in [0.05, 0.1) is 17.6 Å². The van der Waals surface area contributed by atoms with Crippen LogP contribution in [0.25, 0.3) is 10.9 Å². The molecule has 3 heterocycles. The Labute approximate surface area is 218 Å². The van der Waals surface area contributed by atoms with E-state index in [1.807, 2.05) is 30.3 Å². The lowest BCUT2D eigenvalue weighted by Crippen LogP contribution is -2.38. The Balaban J connectivity index is 1.04. The number of carbonyl (C=O) groups excluding carboxylic acids is 1. The zero-order chi connectivity index (χ0) is 25.8. The lowest BCUT2D eigenvalue weighted by Gasteiger charge is -2.32. The maximum absolute atomic E-state index is 12.9. The molecule has 2 N–H and O–H groups in total. The molecule has 1 fully saturated rings. The zero-order valence-electron chi connectivity index (χ0n) is 20.7. The Kier molecular flexibility index (Phi) is 7.95. The third-order valence-electron chi connectivity index (χ3n) is 7.42. The minimum atomic E-state index is -4.15. The molecule has 0 bridgehead atoms. The highest BCUT2D eigenvalue weighted by Crippen LogP contribution is 2.31. The van der Waals surface area contributed by atoms with E-state index < -0.39 is 12.6 Å². The maximum atomic E-state index is 12.9. The van der Waals surface area contributed by atoms with Gasteiger partial charge in [0.15, 0.2) is 5.13 Å². The van der Waals surface area contributed by atoms with Crippen LogP contribution in [0.15, 0.2) is 36.5 Å². The number of halogens is 3. The average molecular weight is 532 g/mol. The number of rotatable bonds is 8. The molecule has 1 amide bonds. The van der Waals surface area contributed by atoms with Gasteiger partial charge < -0.3 is 10.6 Å². The Morgan fingerprint density at radius 1 is 1.14 bits per heavy atom. The quantitative estimate of drug-likeness (QED) is 0.385. The molecule has 3 aromatic rings. The first-order valence-corrected chi connectivity index (χ1v) is 13.8. The molecule has 2 aromatic heterocycles. The normalized spacial score (nSPS) is 20.5. The van der Waals surface area contributed by atoms with Gasteiger partial charge in [0.25, 0.3) is 5.91 Å². The number of benzene rings is 1. The summed E-state index contributed by atoms with van der Waals surface area (Å²) in [6.45, 7) is 2.58. The van der Waals surface area contributed by atoms with E-state index in [-0.39, 0.29) is 18.5 Å². The molecular formula is C27H32F3N5OS. The number of alkyl halides is 3. The number of hydrogen-bond donors (Lipinski definition) is 2. The molecule has 6 nitrogen and oxygen atoms in total. The summed E-state index contributed by atoms with van der Waals surface area (Å²) < 4.78 is 37.2. The molecule has 1 aliphatic carbocycles. The summed E-state index contributed by atoms with van der Waals surface area (Å²) in [6.07, 6.45) is 2.93. The summed E-state index contributed by atoms with van der Waals surface area (Å²) in [5.74, 6) is 0.619. The van der Waals surface area contributed by atoms with Crippen LogP contribution in [0.3, 0.4) is 0 Å². The minimum Gasteiger partial charge on any atom is -0.361 e. The van der Waals surface area contributed by atoms with E-state index in [0.717, 1.165) is 74.8 Å². The smallest absolute Gasteiger partial charge is 0.361 e. The monoisotopic (exact) mass is 531 g/mol. The number of amides is 1. The van der Waals surface area contributed by atoms with E-state index in [0.29, 0.717) is 16.6 Å². The molecule has 1 aliphatic heterocycles. The molecule has 2 aliphatic rings. The summed E-state index contributed by atoms with van der Waals surface area (Å²) in [6, 6.07) is 9.65. The van der Waals surface area contributed by atoms with Gasteiger partial charge in [-0.2, -0.15) is 13.2 Å². The van der Waals surface area contributed by atoms with Crippen LogP contribution < -0.4 is 10.6 Å². The molecule has 1 saturated carbocycles. The maximum Gasteiger partial charge on any atom is 0.390 e. The topological polar surface area (TPSA) is 70.2 Å². The molecule has 0 saturated heterocycles. The zero-order valence-corrected chi connectivity index (χ0v) is 21.5. The van der Waals surface area contributed by atoms with Gasteiger partial charge in [0.1, 0.15) is 0 Å². The van der Waals surface area contributed by atoms with Crippen molar-refractivity contribution in [3.63, 3.8) is 0 Å². The molecule has 0 spiro atoms. The van der Waals surface area contributed by atoms with Gasteiger partial charge in [-0.15, -0.1) is 11.3 Å². The summed E-state index contributed by atoms with van der Waals surface area (Å²) in [7, 11) is 0. The molecule has 0 atom stereocenters. The highest BCUT2D eigenvalue weighted by Gasteiger charge is 2.28. The highest BCUT2D eigenvalue weighted by atomic mass is 32.1. The third kappa shape index (κ3) is 6.78. The van der Waals surface area contributed by atoms with Crippen LogP contribution in [0.5, 0.6) is 0 Å². The van der Waals surface area contributed by atoms with Crippen LogP contribution in [0.2, 0.25) is 0 Å². The van der Waals surface area contributed by atoms with Crippen LogP contribution in [0, 0.1) is 5.92 Å². The van der Waals surface area contributed by atoms with Crippen LogP contribution >= 0.6 is 11.3 Å². The van der Waals surface area contributed by atoms with E-state index in [2.05, 4.69) is 25.5 Å². The molecule has 10 heteroatoms. The number of anilines is 1. The van der Waals surface area contributed by atoms with Gasteiger partial charge in [-0.05, 0) is 69.2 Å². The standard InChI is InChI=1S/C27H32F3N5OS/c28-27(29,30)12-14-32-26-34-23-17-35(16-11-24(23)37-26)15-10-18-6-8-19(9-7-18)33-25(36)21-3-1-5-22-20(21)4-2-13-31-22/h1-5,13,18-19H,6-12,14-17H2,(H,32,34)(H,33,36). The van der Waals surface area contributed by atoms with Gasteiger partial charge in [0, 0.05) is 47.7 Å². The number of nitrogens with one attached hydrogen (secondary N) is 2. The fraction of sp³-hybridized carbons (Fsp3) is 0.519. The number of aromatic nitrogens is 2. The van der Waals surface area contributed by atoms with Gasteiger partial charge >= 0.3 is 6.18 Å². The largest absolute Gasteiger partial charge is 0.390 e. The minimum absolute atomic E-state index is 0.0262. The van der Waals surface area contributed by atoms with Crippen molar-refractivity contribution in [2.75, 3.05) is 25.0 Å². The predicted molar refractivity (Wildman–Crippen MR) is 140 cm³/mol. The lowest BCUT2D eigenvalue weighted by atomic mass is 9.84. The van der Waals surface area contributed by atoms with Crippen molar-refractivity contribution in [3.8, 4) is 0 Å². The summed E-state index contributed by atoms with van der Waals surface area (Å²) in [5, 5.41) is 7.54. The molecule has 0 unspecified atom stereocenters. The number of hydrogen-bond acceptors (Lipinski definition) is 6. The fourth-order valence-corrected chi connectivity index (χ4v) is 6.34. The Hall–Kier alpha value is -2.72. The number of carbonyl (C=O) groups is 1. The number of pyridine rings is 1. The summed E-state index contributed by atoms with van der Waals surface area (Å²) in [4.78, 5) is 25.4. The molecule has 37 heavy (non-hydrogen) atoms. The van der Waals surface area contributed by atoms with E-state index in [1.54, 1.807) is 6.20 Å². The first-order chi connectivity index (χ1) is 17.8. The van der Waals surface area contributed by atoms with E-state index in [4.69, 9.17) is 0 Å². The van der Waals surface area contributed by atoms with Gasteiger partial charge in [-0.1, -0.05) is 12.1 Å². The molecule has 198 valence electrons. The Bertz CT molecular complexity index is 1220. The van der Waals surface area contributed by atoms with E-state index in [1.165, 1.54) is 16.2 Å². The second kappa shape index (κ2) is 11.3. The second-order valence-corrected chi connectivity index (χ2v) is 11.1. The van der Waals surface area contributed by atoms with E-state index >= 15 is 0 Å². The molecule has 1 aromatic carbocycles.